The first-order valence-corrected chi connectivity index (χ1v) is 7.26. The number of hydrogen-bond acceptors (Lipinski definition) is 2. The highest BCUT2D eigenvalue weighted by atomic mass is 35.5. The predicted octanol–water partition coefficient (Wildman–Crippen LogP) is 3.40. The third-order valence-electron chi connectivity index (χ3n) is 3.77. The van der Waals surface area contributed by atoms with Crippen molar-refractivity contribution in [3.05, 3.63) is 29.3 Å². The number of para-hydroxylation sites is 1. The van der Waals surface area contributed by atoms with Crippen LogP contribution in [0, 0.1) is 5.92 Å². The number of nitrogens with one attached hydrogen (secondary N) is 1. The lowest BCUT2D eigenvalue weighted by Gasteiger charge is -2.28. The molecule has 1 heterocycles. The molecule has 3 nitrogen and oxygen atoms in total. The quantitative estimate of drug-likeness (QED) is 0.917. The van der Waals surface area contributed by atoms with Crippen LogP contribution in [0.5, 0.6) is 0 Å². The van der Waals surface area contributed by atoms with Gasteiger partial charge in [-0.3, -0.25) is 4.79 Å². The van der Waals surface area contributed by atoms with Gasteiger partial charge in [-0.1, -0.05) is 23.7 Å². The Bertz CT molecular complexity index is 428. The number of anilines is 1. The molecule has 1 aromatic rings. The summed E-state index contributed by atoms with van der Waals surface area (Å²) >= 11 is 6.01. The molecule has 19 heavy (non-hydrogen) atoms. The van der Waals surface area contributed by atoms with E-state index in [-0.39, 0.29) is 5.91 Å². The molecular formula is C15H21ClN2O. The predicted molar refractivity (Wildman–Crippen MR) is 79.5 cm³/mol. The maximum absolute atomic E-state index is 11.9. The molecule has 1 saturated heterocycles. The van der Waals surface area contributed by atoms with E-state index >= 15 is 0 Å². The van der Waals surface area contributed by atoms with Gasteiger partial charge in [0.1, 0.15) is 0 Å². The van der Waals surface area contributed by atoms with Crippen molar-refractivity contribution in [3.63, 3.8) is 0 Å². The van der Waals surface area contributed by atoms with Gasteiger partial charge >= 0.3 is 0 Å². The van der Waals surface area contributed by atoms with Gasteiger partial charge in [-0.25, -0.2) is 0 Å². The molecule has 2 rings (SSSR count). The number of halogens is 1. The number of nitrogens with zero attached hydrogens (tertiary/aromatic N) is 1. The summed E-state index contributed by atoms with van der Waals surface area (Å²) in [5.74, 6) is 0.750. The maximum atomic E-state index is 11.9. The van der Waals surface area contributed by atoms with E-state index in [0.717, 1.165) is 19.5 Å². The minimum Gasteiger partial charge on any atom is -0.325 e. The largest absolute Gasteiger partial charge is 0.325 e. The molecule has 0 spiro atoms. The molecule has 4 heteroatoms. The van der Waals surface area contributed by atoms with Crippen LogP contribution in [0.4, 0.5) is 5.69 Å². The summed E-state index contributed by atoms with van der Waals surface area (Å²) < 4.78 is 0. The summed E-state index contributed by atoms with van der Waals surface area (Å²) in [7, 11) is 2.15. The second kappa shape index (κ2) is 6.92. The number of likely N-dealkylation sites (tertiary alicyclic amines) is 1. The molecule has 104 valence electrons. The molecule has 1 aliphatic heterocycles. The first-order chi connectivity index (χ1) is 9.15. The summed E-state index contributed by atoms with van der Waals surface area (Å²) in [4.78, 5) is 14.2. The van der Waals surface area contributed by atoms with Crippen molar-refractivity contribution in [2.45, 2.75) is 25.7 Å². The monoisotopic (exact) mass is 280 g/mol. The van der Waals surface area contributed by atoms with E-state index in [4.69, 9.17) is 11.6 Å². The van der Waals surface area contributed by atoms with Crippen LogP contribution in [0.15, 0.2) is 24.3 Å². The van der Waals surface area contributed by atoms with E-state index in [0.29, 0.717) is 23.0 Å². The molecule has 1 aliphatic rings. The smallest absolute Gasteiger partial charge is 0.224 e. The normalized spacial score (nSPS) is 17.4. The summed E-state index contributed by atoms with van der Waals surface area (Å²) in [5.41, 5.74) is 0.706. The zero-order valence-electron chi connectivity index (χ0n) is 11.4. The Morgan fingerprint density at radius 3 is 2.74 bits per heavy atom. The van der Waals surface area contributed by atoms with Crippen LogP contribution in [0.1, 0.15) is 25.7 Å². The molecule has 1 fully saturated rings. The molecule has 0 atom stereocenters. The number of rotatable bonds is 4. The van der Waals surface area contributed by atoms with E-state index < -0.39 is 0 Å². The molecule has 0 aliphatic carbocycles. The molecule has 1 aromatic carbocycles. The Morgan fingerprint density at radius 2 is 2.05 bits per heavy atom. The standard InChI is InChI=1S/C15H21ClN2O/c1-18-10-8-12(9-11-18)6-7-15(19)17-14-5-3-2-4-13(14)16/h2-5,12H,6-11H2,1H3,(H,17,19). The molecule has 0 aromatic heterocycles. The van der Waals surface area contributed by atoms with Gasteiger partial charge in [-0.15, -0.1) is 0 Å². The van der Waals surface area contributed by atoms with E-state index in [1.165, 1.54) is 12.8 Å². The Morgan fingerprint density at radius 1 is 1.37 bits per heavy atom. The Balaban J connectivity index is 1.74. The van der Waals surface area contributed by atoms with E-state index in [9.17, 15) is 4.79 Å². The van der Waals surface area contributed by atoms with E-state index in [1.807, 2.05) is 18.2 Å². The number of amides is 1. The number of piperidine rings is 1. The van der Waals surface area contributed by atoms with Gasteiger partial charge in [0.25, 0.3) is 0 Å². The number of hydrogen-bond donors (Lipinski definition) is 1. The first-order valence-electron chi connectivity index (χ1n) is 6.88. The summed E-state index contributed by atoms with van der Waals surface area (Å²) in [6, 6.07) is 7.35. The van der Waals surface area contributed by atoms with Crippen LogP contribution in [0.25, 0.3) is 0 Å². The van der Waals surface area contributed by atoms with Gasteiger partial charge in [0.05, 0.1) is 10.7 Å². The minimum absolute atomic E-state index is 0.0621. The van der Waals surface area contributed by atoms with Crippen LogP contribution in [0.3, 0.4) is 0 Å². The SMILES string of the molecule is CN1CCC(CCC(=O)Nc2ccccc2Cl)CC1. The highest BCUT2D eigenvalue weighted by Gasteiger charge is 2.17. The van der Waals surface area contributed by atoms with Crippen molar-refractivity contribution in [3.8, 4) is 0 Å². The number of carbonyl (C=O) groups is 1. The van der Waals surface area contributed by atoms with Gasteiger partial charge in [0, 0.05) is 6.42 Å². The second-order valence-corrected chi connectivity index (χ2v) is 5.72. The molecule has 0 radical (unpaired) electrons. The van der Waals surface area contributed by atoms with Crippen LogP contribution >= 0.6 is 11.6 Å². The third-order valence-corrected chi connectivity index (χ3v) is 4.10. The van der Waals surface area contributed by atoms with Crippen LogP contribution in [-0.2, 0) is 4.79 Å². The Hall–Kier alpha value is -1.06. The maximum Gasteiger partial charge on any atom is 0.224 e. The fourth-order valence-corrected chi connectivity index (χ4v) is 2.64. The number of benzene rings is 1. The second-order valence-electron chi connectivity index (χ2n) is 5.31. The van der Waals surface area contributed by atoms with Gasteiger partial charge in [-0.05, 0) is 57.5 Å². The van der Waals surface area contributed by atoms with E-state index in [2.05, 4.69) is 17.3 Å². The lowest BCUT2D eigenvalue weighted by molar-refractivity contribution is -0.116. The molecule has 0 saturated carbocycles. The van der Waals surface area contributed by atoms with Crippen LogP contribution < -0.4 is 5.32 Å². The molecule has 0 unspecified atom stereocenters. The van der Waals surface area contributed by atoms with Crippen molar-refractivity contribution in [1.82, 2.24) is 4.90 Å². The molecule has 0 bridgehead atoms. The zero-order chi connectivity index (χ0) is 13.7. The van der Waals surface area contributed by atoms with Crippen LogP contribution in [0.2, 0.25) is 5.02 Å². The Kier molecular flexibility index (Phi) is 5.23. The fraction of sp³-hybridized carbons (Fsp3) is 0.533. The van der Waals surface area contributed by atoms with Gasteiger partial charge < -0.3 is 10.2 Å². The highest BCUT2D eigenvalue weighted by Crippen LogP contribution is 2.23. The highest BCUT2D eigenvalue weighted by molar-refractivity contribution is 6.33. The average Bonchev–Trinajstić information content (AvgIpc) is 2.41. The Labute approximate surface area is 119 Å². The summed E-state index contributed by atoms with van der Waals surface area (Å²) in [6.45, 7) is 2.30. The first kappa shape index (κ1) is 14.4. The molecule has 1 amide bonds. The average molecular weight is 281 g/mol. The molecular weight excluding hydrogens is 260 g/mol. The van der Waals surface area contributed by atoms with Gasteiger partial charge in [0.15, 0.2) is 0 Å². The van der Waals surface area contributed by atoms with Gasteiger partial charge in [-0.2, -0.15) is 0 Å². The fourth-order valence-electron chi connectivity index (χ4n) is 2.46. The lowest BCUT2D eigenvalue weighted by Crippen LogP contribution is -2.30. The van der Waals surface area contributed by atoms with Gasteiger partial charge in [0.2, 0.25) is 5.91 Å². The molecule has 1 N–H and O–H groups in total. The van der Waals surface area contributed by atoms with Crippen molar-refractivity contribution >= 4 is 23.2 Å². The van der Waals surface area contributed by atoms with Crippen molar-refractivity contribution in [2.24, 2.45) is 5.92 Å². The van der Waals surface area contributed by atoms with Crippen molar-refractivity contribution < 1.29 is 4.79 Å². The summed E-state index contributed by atoms with van der Waals surface area (Å²) in [5, 5.41) is 3.47. The van der Waals surface area contributed by atoms with E-state index in [1.54, 1.807) is 6.07 Å². The van der Waals surface area contributed by atoms with Crippen LogP contribution in [-0.4, -0.2) is 30.9 Å². The minimum atomic E-state index is 0.0621. The summed E-state index contributed by atoms with van der Waals surface area (Å²) in [6.07, 6.45) is 3.97. The van der Waals surface area contributed by atoms with Crippen molar-refractivity contribution in [1.29, 1.82) is 0 Å². The topological polar surface area (TPSA) is 32.3 Å². The lowest BCUT2D eigenvalue weighted by atomic mass is 9.92. The van der Waals surface area contributed by atoms with Crippen molar-refractivity contribution in [2.75, 3.05) is 25.5 Å². The third kappa shape index (κ3) is 4.51. The number of carbonyl (C=O) groups excluding carboxylic acids is 1. The zero-order valence-corrected chi connectivity index (χ0v) is 12.1.